The molecule has 19 heavy (non-hydrogen) atoms. The summed E-state index contributed by atoms with van der Waals surface area (Å²) < 4.78 is 36.8. The van der Waals surface area contributed by atoms with E-state index in [2.05, 4.69) is 4.98 Å². The second-order valence-corrected chi connectivity index (χ2v) is 3.61. The summed E-state index contributed by atoms with van der Waals surface area (Å²) in [7, 11) is 0. The first-order chi connectivity index (χ1) is 8.69. The Morgan fingerprint density at radius 3 is 2.47 bits per heavy atom. The van der Waals surface area contributed by atoms with Crippen LogP contribution in [0.4, 0.5) is 13.2 Å². The Bertz CT molecular complexity index is 538. The zero-order chi connectivity index (χ0) is 14.6. The van der Waals surface area contributed by atoms with E-state index in [-0.39, 0.29) is 10.5 Å². The van der Waals surface area contributed by atoms with Crippen LogP contribution in [0.2, 0.25) is 0 Å². The second-order valence-electron chi connectivity index (χ2n) is 3.61. The number of carbonyl (C=O) groups excluding carboxylic acids is 1. The standard InChI is InChI=1S/C10H9F3N2O4/c11-10(12,13)5-15(4-8(17)18)9(19)6-1-2-14-7(16)3-6/h1-3H,4-5H2,(H,14,16)(H,17,18). The number of H-pyrrole nitrogens is 1. The largest absolute Gasteiger partial charge is 0.480 e. The van der Waals surface area contributed by atoms with Crippen molar-refractivity contribution in [3.8, 4) is 0 Å². The number of rotatable bonds is 4. The normalized spacial score (nSPS) is 11.1. The van der Waals surface area contributed by atoms with E-state index in [0.717, 1.165) is 18.3 Å². The predicted molar refractivity (Wildman–Crippen MR) is 56.7 cm³/mol. The number of carbonyl (C=O) groups is 2. The Kier molecular flexibility index (Phi) is 4.30. The SMILES string of the molecule is O=C(O)CN(CC(F)(F)F)C(=O)c1cc[nH]c(=O)c1. The number of carboxylic acids is 1. The Morgan fingerprint density at radius 2 is 2.00 bits per heavy atom. The summed E-state index contributed by atoms with van der Waals surface area (Å²) in [6.07, 6.45) is -3.64. The van der Waals surface area contributed by atoms with Crippen LogP contribution in [0.3, 0.4) is 0 Å². The number of hydrogen-bond acceptors (Lipinski definition) is 3. The quantitative estimate of drug-likeness (QED) is 0.837. The van der Waals surface area contributed by atoms with Crippen LogP contribution in [0.1, 0.15) is 10.4 Å². The number of alkyl halides is 3. The van der Waals surface area contributed by atoms with E-state index in [1.54, 1.807) is 0 Å². The van der Waals surface area contributed by atoms with Gasteiger partial charge in [-0.15, -0.1) is 0 Å². The maximum atomic E-state index is 12.3. The number of aromatic nitrogens is 1. The average Bonchev–Trinajstić information content (AvgIpc) is 2.24. The molecule has 0 aromatic carbocycles. The van der Waals surface area contributed by atoms with Gasteiger partial charge in [-0.2, -0.15) is 13.2 Å². The van der Waals surface area contributed by atoms with E-state index in [1.807, 2.05) is 0 Å². The molecule has 1 aromatic rings. The van der Waals surface area contributed by atoms with Gasteiger partial charge in [0, 0.05) is 17.8 Å². The fraction of sp³-hybridized carbons (Fsp3) is 0.300. The topological polar surface area (TPSA) is 90.5 Å². The van der Waals surface area contributed by atoms with Crippen LogP contribution in [-0.2, 0) is 4.79 Å². The van der Waals surface area contributed by atoms with E-state index in [0.29, 0.717) is 0 Å². The molecule has 1 amide bonds. The summed E-state index contributed by atoms with van der Waals surface area (Å²) in [6.45, 7) is -2.81. The van der Waals surface area contributed by atoms with Crippen molar-refractivity contribution in [2.75, 3.05) is 13.1 Å². The molecule has 0 radical (unpaired) electrons. The minimum absolute atomic E-state index is 0.108. The monoisotopic (exact) mass is 278 g/mol. The van der Waals surface area contributed by atoms with Gasteiger partial charge >= 0.3 is 12.1 Å². The van der Waals surface area contributed by atoms with Crippen molar-refractivity contribution in [2.24, 2.45) is 0 Å². The summed E-state index contributed by atoms with van der Waals surface area (Å²) in [6, 6.07) is 1.89. The zero-order valence-corrected chi connectivity index (χ0v) is 9.40. The van der Waals surface area contributed by atoms with Gasteiger partial charge < -0.3 is 15.0 Å². The summed E-state index contributed by atoms with van der Waals surface area (Å²) in [5, 5.41) is 8.50. The molecule has 2 N–H and O–H groups in total. The van der Waals surface area contributed by atoms with Crippen LogP contribution in [0.5, 0.6) is 0 Å². The minimum Gasteiger partial charge on any atom is -0.480 e. The van der Waals surface area contributed by atoms with Gasteiger partial charge in [-0.3, -0.25) is 14.4 Å². The van der Waals surface area contributed by atoms with Crippen LogP contribution >= 0.6 is 0 Å². The van der Waals surface area contributed by atoms with Crippen LogP contribution < -0.4 is 5.56 Å². The third-order valence-corrected chi connectivity index (χ3v) is 2.01. The fourth-order valence-electron chi connectivity index (χ4n) is 1.34. The van der Waals surface area contributed by atoms with Crippen LogP contribution in [0.15, 0.2) is 23.1 Å². The van der Waals surface area contributed by atoms with Crippen molar-refractivity contribution in [2.45, 2.75) is 6.18 Å². The lowest BCUT2D eigenvalue weighted by molar-refractivity contribution is -0.149. The molecule has 0 bridgehead atoms. The molecule has 0 aliphatic rings. The molecule has 0 fully saturated rings. The van der Waals surface area contributed by atoms with Gasteiger partial charge in [0.2, 0.25) is 5.56 Å². The van der Waals surface area contributed by atoms with Gasteiger partial charge in [0.15, 0.2) is 0 Å². The van der Waals surface area contributed by atoms with E-state index < -0.39 is 36.7 Å². The zero-order valence-electron chi connectivity index (χ0n) is 9.40. The highest BCUT2D eigenvalue weighted by molar-refractivity contribution is 5.95. The molecule has 0 aliphatic heterocycles. The number of nitrogens with zero attached hydrogens (tertiary/aromatic N) is 1. The fourth-order valence-corrected chi connectivity index (χ4v) is 1.34. The van der Waals surface area contributed by atoms with Gasteiger partial charge in [-0.25, -0.2) is 0 Å². The first-order valence-corrected chi connectivity index (χ1v) is 4.95. The molecule has 0 atom stereocenters. The van der Waals surface area contributed by atoms with Crippen LogP contribution in [0, 0.1) is 0 Å². The predicted octanol–water partition coefficient (Wildman–Crippen LogP) is 0.464. The van der Waals surface area contributed by atoms with Crippen molar-refractivity contribution in [1.82, 2.24) is 9.88 Å². The first kappa shape index (κ1) is 14.7. The number of aliphatic carboxylic acids is 1. The van der Waals surface area contributed by atoms with Gasteiger partial charge in [0.1, 0.15) is 13.1 Å². The van der Waals surface area contributed by atoms with Gasteiger partial charge in [0.05, 0.1) is 0 Å². The van der Waals surface area contributed by atoms with Crippen LogP contribution in [0.25, 0.3) is 0 Å². The van der Waals surface area contributed by atoms with Crippen molar-refractivity contribution < 1.29 is 27.9 Å². The maximum absolute atomic E-state index is 12.3. The van der Waals surface area contributed by atoms with Crippen molar-refractivity contribution in [3.05, 3.63) is 34.2 Å². The molecule has 6 nitrogen and oxygen atoms in total. The van der Waals surface area contributed by atoms with E-state index in [4.69, 9.17) is 5.11 Å². The molecule has 0 unspecified atom stereocenters. The Morgan fingerprint density at radius 1 is 1.37 bits per heavy atom. The molecule has 0 saturated heterocycles. The Hall–Kier alpha value is -2.32. The molecule has 104 valence electrons. The summed E-state index contributed by atoms with van der Waals surface area (Å²) >= 11 is 0. The summed E-state index contributed by atoms with van der Waals surface area (Å²) in [5.41, 5.74) is -0.984. The molecule has 0 saturated carbocycles. The second kappa shape index (κ2) is 5.55. The lowest BCUT2D eigenvalue weighted by Crippen LogP contribution is -2.42. The molecule has 9 heteroatoms. The maximum Gasteiger partial charge on any atom is 0.406 e. The van der Waals surface area contributed by atoms with Crippen LogP contribution in [-0.4, -0.2) is 46.1 Å². The Labute approximate surface area is 104 Å². The highest BCUT2D eigenvalue weighted by Crippen LogP contribution is 2.17. The lowest BCUT2D eigenvalue weighted by atomic mass is 10.2. The van der Waals surface area contributed by atoms with Crippen molar-refractivity contribution >= 4 is 11.9 Å². The van der Waals surface area contributed by atoms with E-state index >= 15 is 0 Å². The molecule has 0 aliphatic carbocycles. The number of hydrogen-bond donors (Lipinski definition) is 2. The molecule has 1 heterocycles. The number of carboxylic acid groups (broad SMARTS) is 1. The molecular formula is C10H9F3N2O4. The average molecular weight is 278 g/mol. The van der Waals surface area contributed by atoms with Gasteiger partial charge in [-0.05, 0) is 6.07 Å². The molecule has 0 spiro atoms. The minimum atomic E-state index is -4.73. The Balaban J connectivity index is 3.00. The third-order valence-electron chi connectivity index (χ3n) is 2.01. The smallest absolute Gasteiger partial charge is 0.406 e. The summed E-state index contributed by atoms with van der Waals surface area (Å²) in [5.74, 6) is -2.76. The first-order valence-electron chi connectivity index (χ1n) is 4.95. The van der Waals surface area contributed by atoms with E-state index in [1.165, 1.54) is 0 Å². The van der Waals surface area contributed by atoms with E-state index in [9.17, 15) is 27.6 Å². The number of aromatic amines is 1. The lowest BCUT2D eigenvalue weighted by Gasteiger charge is -2.21. The van der Waals surface area contributed by atoms with Crippen molar-refractivity contribution in [3.63, 3.8) is 0 Å². The number of halogens is 3. The highest BCUT2D eigenvalue weighted by Gasteiger charge is 2.34. The molecule has 1 rings (SSSR count). The van der Waals surface area contributed by atoms with Crippen molar-refractivity contribution in [1.29, 1.82) is 0 Å². The van der Waals surface area contributed by atoms with Gasteiger partial charge in [-0.1, -0.05) is 0 Å². The highest BCUT2D eigenvalue weighted by atomic mass is 19.4. The summed E-state index contributed by atoms with van der Waals surface area (Å²) in [4.78, 5) is 35.4. The molecular weight excluding hydrogens is 269 g/mol. The van der Waals surface area contributed by atoms with Gasteiger partial charge in [0.25, 0.3) is 5.91 Å². The number of nitrogens with one attached hydrogen (secondary N) is 1. The number of amides is 1. The molecule has 1 aromatic heterocycles. The third kappa shape index (κ3) is 4.82. The number of pyridine rings is 1.